The second-order valence-corrected chi connectivity index (χ2v) is 11.8. The predicted molar refractivity (Wildman–Crippen MR) is 120 cm³/mol. The molecule has 1 amide bonds. The van der Waals surface area contributed by atoms with Gasteiger partial charge in [-0.1, -0.05) is 0 Å². The zero-order chi connectivity index (χ0) is 24.8. The summed E-state index contributed by atoms with van der Waals surface area (Å²) in [5.41, 5.74) is 1.21. The molecule has 1 fully saturated rings. The molecule has 11 heteroatoms. The van der Waals surface area contributed by atoms with Gasteiger partial charge in [-0.3, -0.25) is 9.48 Å². The lowest BCUT2D eigenvalue weighted by Crippen LogP contribution is -2.50. The van der Waals surface area contributed by atoms with Gasteiger partial charge in [-0.25, -0.2) is 12.8 Å². The maximum Gasteiger partial charge on any atom is 0.387 e. The quantitative estimate of drug-likeness (QED) is 0.655. The minimum atomic E-state index is -3.16. The molecule has 1 aliphatic heterocycles. The fourth-order valence-electron chi connectivity index (χ4n) is 4.87. The summed E-state index contributed by atoms with van der Waals surface area (Å²) < 4.78 is 70.0. The normalized spacial score (nSPS) is 23.8. The third kappa shape index (κ3) is 4.94. The van der Waals surface area contributed by atoms with E-state index in [2.05, 4.69) is 15.2 Å². The van der Waals surface area contributed by atoms with Crippen molar-refractivity contribution >= 4 is 15.7 Å². The molecule has 4 rings (SSSR count). The first-order chi connectivity index (χ1) is 15.9. The van der Waals surface area contributed by atoms with Crippen molar-refractivity contribution in [3.05, 3.63) is 35.3 Å². The molecule has 0 saturated carbocycles. The van der Waals surface area contributed by atoms with Gasteiger partial charge in [0, 0.05) is 35.2 Å². The smallest absolute Gasteiger partial charge is 0.387 e. The number of halogens is 3. The van der Waals surface area contributed by atoms with Gasteiger partial charge in [0.1, 0.15) is 11.6 Å². The number of nitrogens with zero attached hydrogens (tertiary/aromatic N) is 2. The fraction of sp³-hybridized carbons (Fsp3) is 0.565. The number of hydrogen-bond donors (Lipinski definition) is 1. The number of amides is 1. The molecular weight excluding hydrogens is 471 g/mol. The minimum Gasteiger partial charge on any atom is -0.435 e. The van der Waals surface area contributed by atoms with Crippen LogP contribution in [-0.4, -0.2) is 47.8 Å². The van der Waals surface area contributed by atoms with Crippen molar-refractivity contribution in [2.24, 2.45) is 5.92 Å². The molecule has 1 aliphatic carbocycles. The van der Waals surface area contributed by atoms with Gasteiger partial charge in [-0.2, -0.15) is 13.9 Å². The Morgan fingerprint density at radius 2 is 2.06 bits per heavy atom. The van der Waals surface area contributed by atoms with Crippen molar-refractivity contribution in [3.63, 3.8) is 0 Å². The molecule has 0 unspecified atom stereocenters. The van der Waals surface area contributed by atoms with E-state index >= 15 is 0 Å². The second-order valence-electron chi connectivity index (χ2n) is 9.66. The topological polar surface area (TPSA) is 90.3 Å². The summed E-state index contributed by atoms with van der Waals surface area (Å²) in [4.78, 5) is 13.1. The molecule has 186 valence electrons. The highest BCUT2D eigenvalue weighted by atomic mass is 32.2. The first-order valence-corrected chi connectivity index (χ1v) is 13.1. The maximum absolute atomic E-state index is 14.7. The number of benzene rings is 1. The van der Waals surface area contributed by atoms with E-state index in [-0.39, 0.29) is 40.7 Å². The molecule has 1 aromatic carbocycles. The second kappa shape index (κ2) is 8.90. The van der Waals surface area contributed by atoms with Gasteiger partial charge in [0.2, 0.25) is 5.91 Å². The summed E-state index contributed by atoms with van der Waals surface area (Å²) in [6.07, 6.45) is 1.67. The van der Waals surface area contributed by atoms with E-state index in [9.17, 15) is 26.4 Å². The van der Waals surface area contributed by atoms with Crippen LogP contribution >= 0.6 is 0 Å². The highest BCUT2D eigenvalue weighted by Gasteiger charge is 2.41. The fourth-order valence-corrected chi connectivity index (χ4v) is 6.97. The lowest BCUT2D eigenvalue weighted by atomic mass is 9.84. The number of hydrogen-bond acceptors (Lipinski definition) is 5. The molecule has 2 heterocycles. The van der Waals surface area contributed by atoms with Crippen LogP contribution < -0.4 is 10.1 Å². The summed E-state index contributed by atoms with van der Waals surface area (Å²) in [7, 11) is -3.16. The first-order valence-electron chi connectivity index (χ1n) is 11.2. The van der Waals surface area contributed by atoms with Crippen molar-refractivity contribution in [2.75, 3.05) is 11.5 Å². The predicted octanol–water partition coefficient (Wildman–Crippen LogP) is 3.67. The van der Waals surface area contributed by atoms with E-state index in [1.807, 2.05) is 13.8 Å². The lowest BCUT2D eigenvalue weighted by Gasteiger charge is -2.29. The summed E-state index contributed by atoms with van der Waals surface area (Å²) in [5, 5.41) is 7.53. The molecule has 1 saturated heterocycles. The Labute approximate surface area is 196 Å². The SMILES string of the molecule is CC(C)n1nc(-c2cc(OC(F)F)ccc2F)c2c1C[C@H](C(=O)N[C@]1(C)CCS(=O)(=O)C1)CC2. The van der Waals surface area contributed by atoms with Crippen molar-refractivity contribution in [3.8, 4) is 17.0 Å². The highest BCUT2D eigenvalue weighted by molar-refractivity contribution is 7.91. The van der Waals surface area contributed by atoms with Crippen molar-refractivity contribution in [1.82, 2.24) is 15.1 Å². The van der Waals surface area contributed by atoms with Crippen LogP contribution in [0.4, 0.5) is 13.2 Å². The van der Waals surface area contributed by atoms with E-state index < -0.39 is 27.8 Å². The number of fused-ring (bicyclic) bond motifs is 1. The standard InChI is InChI=1S/C23H28F3N3O4S/c1-13(2)29-19-10-14(21(30)27-23(3)8-9-34(31,32)12-23)4-6-16(19)20(28-29)17-11-15(33-22(25)26)5-7-18(17)24/h5,7,11,13-14,22H,4,6,8-10,12H2,1-3H3,(H,27,30)/t14-,23-/m1/s1. The zero-order valence-corrected chi connectivity index (χ0v) is 20.1. The Bertz CT molecular complexity index is 1210. The number of alkyl halides is 2. The van der Waals surface area contributed by atoms with Gasteiger partial charge in [-0.05, 0) is 58.2 Å². The molecule has 1 N–H and O–H groups in total. The van der Waals surface area contributed by atoms with Gasteiger partial charge in [-0.15, -0.1) is 0 Å². The van der Waals surface area contributed by atoms with Crippen molar-refractivity contribution < 1.29 is 31.1 Å². The number of carbonyl (C=O) groups is 1. The first kappa shape index (κ1) is 24.6. The van der Waals surface area contributed by atoms with Crippen molar-refractivity contribution in [1.29, 1.82) is 0 Å². The summed E-state index contributed by atoms with van der Waals surface area (Å²) in [6, 6.07) is 3.35. The molecule has 0 radical (unpaired) electrons. The molecule has 1 aromatic heterocycles. The van der Waals surface area contributed by atoms with E-state index in [0.29, 0.717) is 31.4 Å². The van der Waals surface area contributed by atoms with Crippen LogP contribution in [0.5, 0.6) is 5.75 Å². The van der Waals surface area contributed by atoms with Crippen LogP contribution in [0.3, 0.4) is 0 Å². The monoisotopic (exact) mass is 499 g/mol. The molecule has 0 spiro atoms. The molecule has 0 bridgehead atoms. The average Bonchev–Trinajstić information content (AvgIpc) is 3.25. The minimum absolute atomic E-state index is 0.0575. The van der Waals surface area contributed by atoms with Gasteiger partial charge < -0.3 is 10.1 Å². The molecule has 2 aliphatic rings. The van der Waals surface area contributed by atoms with Crippen LogP contribution in [0.25, 0.3) is 11.3 Å². The number of ether oxygens (including phenoxy) is 1. The summed E-state index contributed by atoms with van der Waals surface area (Å²) >= 11 is 0. The summed E-state index contributed by atoms with van der Waals surface area (Å²) in [5.74, 6) is -1.37. The molecule has 2 aromatic rings. The van der Waals surface area contributed by atoms with E-state index in [4.69, 9.17) is 0 Å². The third-order valence-corrected chi connectivity index (χ3v) is 8.41. The molecule has 7 nitrogen and oxygen atoms in total. The maximum atomic E-state index is 14.7. The largest absolute Gasteiger partial charge is 0.435 e. The molecule has 34 heavy (non-hydrogen) atoms. The van der Waals surface area contributed by atoms with Crippen LogP contribution in [0, 0.1) is 11.7 Å². The Kier molecular flexibility index (Phi) is 6.43. The third-order valence-electron chi connectivity index (χ3n) is 6.51. The van der Waals surface area contributed by atoms with Crippen molar-refractivity contribution in [2.45, 2.75) is 64.6 Å². The van der Waals surface area contributed by atoms with E-state index in [0.717, 1.165) is 23.4 Å². The van der Waals surface area contributed by atoms with Gasteiger partial charge >= 0.3 is 6.61 Å². The zero-order valence-electron chi connectivity index (χ0n) is 19.3. The number of rotatable bonds is 6. The van der Waals surface area contributed by atoms with Crippen LogP contribution in [0.2, 0.25) is 0 Å². The van der Waals surface area contributed by atoms with Crippen LogP contribution in [-0.2, 0) is 27.5 Å². The van der Waals surface area contributed by atoms with E-state index in [1.165, 1.54) is 6.07 Å². The van der Waals surface area contributed by atoms with Crippen LogP contribution in [0.1, 0.15) is 50.9 Å². The Morgan fingerprint density at radius 1 is 1.32 bits per heavy atom. The lowest BCUT2D eigenvalue weighted by molar-refractivity contribution is -0.127. The van der Waals surface area contributed by atoms with E-state index in [1.54, 1.807) is 11.6 Å². The number of sulfone groups is 1. The number of carbonyl (C=O) groups excluding carboxylic acids is 1. The molecular formula is C23H28F3N3O4S. The Morgan fingerprint density at radius 3 is 2.68 bits per heavy atom. The average molecular weight is 500 g/mol. The van der Waals surface area contributed by atoms with Crippen LogP contribution in [0.15, 0.2) is 18.2 Å². The number of aromatic nitrogens is 2. The Hall–Kier alpha value is -2.56. The van der Waals surface area contributed by atoms with Gasteiger partial charge in [0.05, 0.1) is 22.7 Å². The van der Waals surface area contributed by atoms with Gasteiger partial charge in [0.15, 0.2) is 9.84 Å². The van der Waals surface area contributed by atoms with Gasteiger partial charge in [0.25, 0.3) is 0 Å². The number of nitrogens with one attached hydrogen (secondary N) is 1. The Balaban J connectivity index is 1.63. The molecule has 2 atom stereocenters. The highest BCUT2D eigenvalue weighted by Crippen LogP contribution is 2.37. The summed E-state index contributed by atoms with van der Waals surface area (Å²) in [6.45, 7) is 2.55.